The molecule has 0 aliphatic rings. The van der Waals surface area contributed by atoms with E-state index in [1.54, 1.807) is 6.92 Å². The molecule has 0 aliphatic heterocycles. The molecule has 0 aliphatic carbocycles. The van der Waals surface area contributed by atoms with Crippen LogP contribution in [0.3, 0.4) is 0 Å². The van der Waals surface area contributed by atoms with Gasteiger partial charge in [0.05, 0.1) is 6.10 Å². The second-order valence-corrected chi connectivity index (χ2v) is 2.71. The molecule has 0 spiro atoms. The van der Waals surface area contributed by atoms with Gasteiger partial charge in [-0.2, -0.15) is 15.4 Å². The normalized spacial score (nSPS) is 13.5. The summed E-state index contributed by atoms with van der Waals surface area (Å²) in [6.45, 7) is 1.71. The third-order valence-corrected chi connectivity index (χ3v) is 1.83. The van der Waals surface area contributed by atoms with Crippen LogP contribution in [0.5, 0.6) is 0 Å². The Morgan fingerprint density at radius 3 is 3.00 bits per heavy atom. The number of H-pyrrole nitrogens is 1. The van der Waals surface area contributed by atoms with Crippen molar-refractivity contribution in [3.8, 4) is 0 Å². The summed E-state index contributed by atoms with van der Waals surface area (Å²) in [6.07, 6.45) is -0.501. The van der Waals surface area contributed by atoms with Crippen LogP contribution in [0.25, 0.3) is 11.0 Å². The molecule has 0 saturated heterocycles. The highest BCUT2D eigenvalue weighted by atomic mass is 16.3. The topological polar surface area (TPSA) is 61.8 Å². The molecule has 2 rings (SSSR count). The van der Waals surface area contributed by atoms with E-state index >= 15 is 0 Å². The molecule has 1 aromatic carbocycles. The zero-order valence-corrected chi connectivity index (χ0v) is 6.65. The first-order valence-corrected chi connectivity index (χ1v) is 3.76. The molecule has 1 heterocycles. The number of aromatic nitrogens is 3. The molecule has 1 atom stereocenters. The predicted octanol–water partition coefficient (Wildman–Crippen LogP) is 1.01. The Bertz CT molecular complexity index is 394. The second-order valence-electron chi connectivity index (χ2n) is 2.71. The highest BCUT2D eigenvalue weighted by Crippen LogP contribution is 2.19. The van der Waals surface area contributed by atoms with E-state index in [0.717, 1.165) is 16.6 Å². The Labute approximate surface area is 69.2 Å². The van der Waals surface area contributed by atoms with E-state index in [0.29, 0.717) is 0 Å². The molecule has 62 valence electrons. The maximum Gasteiger partial charge on any atom is 0.118 e. The van der Waals surface area contributed by atoms with Crippen LogP contribution in [-0.4, -0.2) is 20.5 Å². The van der Waals surface area contributed by atoms with Crippen LogP contribution in [0.2, 0.25) is 0 Å². The van der Waals surface area contributed by atoms with E-state index in [4.69, 9.17) is 0 Å². The quantitative estimate of drug-likeness (QED) is 0.659. The lowest BCUT2D eigenvalue weighted by atomic mass is 10.1. The van der Waals surface area contributed by atoms with Crippen molar-refractivity contribution in [1.29, 1.82) is 0 Å². The highest BCUT2D eigenvalue weighted by Gasteiger charge is 2.07. The van der Waals surface area contributed by atoms with Gasteiger partial charge < -0.3 is 5.11 Å². The smallest absolute Gasteiger partial charge is 0.118 e. The first-order chi connectivity index (χ1) is 5.79. The number of fused-ring (bicyclic) bond motifs is 1. The van der Waals surface area contributed by atoms with Gasteiger partial charge >= 0.3 is 0 Å². The first kappa shape index (κ1) is 7.24. The van der Waals surface area contributed by atoms with Gasteiger partial charge in [-0.25, -0.2) is 0 Å². The fourth-order valence-electron chi connectivity index (χ4n) is 1.23. The van der Waals surface area contributed by atoms with Crippen LogP contribution in [0.1, 0.15) is 18.6 Å². The number of hydrogen-bond donors (Lipinski definition) is 2. The number of aliphatic hydroxyl groups excluding tert-OH is 1. The van der Waals surface area contributed by atoms with Gasteiger partial charge in [0, 0.05) is 5.56 Å². The Morgan fingerprint density at radius 2 is 2.25 bits per heavy atom. The van der Waals surface area contributed by atoms with Crippen molar-refractivity contribution >= 4 is 11.0 Å². The van der Waals surface area contributed by atoms with Crippen LogP contribution < -0.4 is 0 Å². The minimum Gasteiger partial charge on any atom is -0.389 e. The molecule has 4 heteroatoms. The van der Waals surface area contributed by atoms with E-state index in [9.17, 15) is 5.11 Å². The van der Waals surface area contributed by atoms with Gasteiger partial charge in [-0.1, -0.05) is 12.1 Å². The summed E-state index contributed by atoms with van der Waals surface area (Å²) in [5.74, 6) is 0. The van der Waals surface area contributed by atoms with Gasteiger partial charge in [0.15, 0.2) is 0 Å². The lowest BCUT2D eigenvalue weighted by molar-refractivity contribution is 0.200. The maximum atomic E-state index is 9.36. The minimum atomic E-state index is -0.501. The van der Waals surface area contributed by atoms with Crippen molar-refractivity contribution in [1.82, 2.24) is 15.4 Å². The Hall–Kier alpha value is -1.42. The minimum absolute atomic E-state index is 0.501. The van der Waals surface area contributed by atoms with E-state index < -0.39 is 6.10 Å². The van der Waals surface area contributed by atoms with E-state index in [1.807, 2.05) is 18.2 Å². The van der Waals surface area contributed by atoms with E-state index in [1.165, 1.54) is 0 Å². The summed E-state index contributed by atoms with van der Waals surface area (Å²) in [5, 5.41) is 19.7. The van der Waals surface area contributed by atoms with Crippen molar-refractivity contribution in [2.75, 3.05) is 0 Å². The zero-order chi connectivity index (χ0) is 8.55. The lowest BCUT2D eigenvalue weighted by Gasteiger charge is -2.02. The number of nitrogens with zero attached hydrogens (tertiary/aromatic N) is 2. The molecule has 0 fully saturated rings. The van der Waals surface area contributed by atoms with Crippen molar-refractivity contribution in [3.05, 3.63) is 23.8 Å². The molecule has 1 unspecified atom stereocenters. The van der Waals surface area contributed by atoms with Crippen molar-refractivity contribution in [2.45, 2.75) is 13.0 Å². The van der Waals surface area contributed by atoms with Crippen LogP contribution >= 0.6 is 0 Å². The average molecular weight is 163 g/mol. The van der Waals surface area contributed by atoms with Gasteiger partial charge in [-0.15, -0.1) is 0 Å². The maximum absolute atomic E-state index is 9.36. The third kappa shape index (κ3) is 0.967. The lowest BCUT2D eigenvalue weighted by Crippen LogP contribution is -1.91. The van der Waals surface area contributed by atoms with E-state index in [2.05, 4.69) is 15.4 Å². The molecule has 1 aromatic heterocycles. The monoisotopic (exact) mass is 163 g/mol. The van der Waals surface area contributed by atoms with E-state index in [-0.39, 0.29) is 0 Å². The third-order valence-electron chi connectivity index (χ3n) is 1.83. The summed E-state index contributed by atoms with van der Waals surface area (Å²) in [6, 6.07) is 5.55. The summed E-state index contributed by atoms with van der Waals surface area (Å²) >= 11 is 0. The number of nitrogens with one attached hydrogen (secondary N) is 1. The van der Waals surface area contributed by atoms with Gasteiger partial charge in [0.1, 0.15) is 11.0 Å². The Balaban J connectivity index is 2.73. The van der Waals surface area contributed by atoms with Crippen molar-refractivity contribution < 1.29 is 5.11 Å². The fraction of sp³-hybridized carbons (Fsp3) is 0.250. The number of rotatable bonds is 1. The largest absolute Gasteiger partial charge is 0.389 e. The Kier molecular flexibility index (Phi) is 1.55. The molecule has 0 bridgehead atoms. The molecular weight excluding hydrogens is 154 g/mol. The van der Waals surface area contributed by atoms with Crippen LogP contribution in [0, 0.1) is 0 Å². The SMILES string of the molecule is CC(O)c1cccc2n[nH]nc12. The highest BCUT2D eigenvalue weighted by molar-refractivity contribution is 5.77. The van der Waals surface area contributed by atoms with Gasteiger partial charge in [-0.05, 0) is 13.0 Å². The average Bonchev–Trinajstić information content (AvgIpc) is 2.49. The number of aliphatic hydroxyl groups is 1. The molecule has 2 aromatic rings. The molecule has 0 radical (unpaired) electrons. The van der Waals surface area contributed by atoms with Crippen LogP contribution in [-0.2, 0) is 0 Å². The number of para-hydroxylation sites is 1. The molecular formula is C8H9N3O. The Morgan fingerprint density at radius 1 is 1.42 bits per heavy atom. The summed E-state index contributed by atoms with van der Waals surface area (Å²) < 4.78 is 0. The molecule has 0 saturated carbocycles. The number of aromatic amines is 1. The predicted molar refractivity (Wildman–Crippen MR) is 44.5 cm³/mol. The second kappa shape index (κ2) is 2.57. The van der Waals surface area contributed by atoms with Gasteiger partial charge in [0.2, 0.25) is 0 Å². The standard InChI is InChI=1S/C8H9N3O/c1-5(12)6-3-2-4-7-8(6)10-11-9-7/h2-5,12H,1H3,(H,9,10,11). The number of benzene rings is 1. The molecule has 2 N–H and O–H groups in total. The summed E-state index contributed by atoms with van der Waals surface area (Å²) in [4.78, 5) is 0. The first-order valence-electron chi connectivity index (χ1n) is 3.76. The fourth-order valence-corrected chi connectivity index (χ4v) is 1.23. The van der Waals surface area contributed by atoms with Crippen LogP contribution in [0.15, 0.2) is 18.2 Å². The van der Waals surface area contributed by atoms with Crippen molar-refractivity contribution in [3.63, 3.8) is 0 Å². The van der Waals surface area contributed by atoms with Crippen molar-refractivity contribution in [2.24, 2.45) is 0 Å². The van der Waals surface area contributed by atoms with Gasteiger partial charge in [0.25, 0.3) is 0 Å². The summed E-state index contributed by atoms with van der Waals surface area (Å²) in [7, 11) is 0. The van der Waals surface area contributed by atoms with Crippen LogP contribution in [0.4, 0.5) is 0 Å². The molecule has 4 nitrogen and oxygen atoms in total. The molecule has 0 amide bonds. The molecule has 12 heavy (non-hydrogen) atoms. The zero-order valence-electron chi connectivity index (χ0n) is 6.65. The number of hydrogen-bond acceptors (Lipinski definition) is 3. The summed E-state index contributed by atoms with van der Waals surface area (Å²) in [5.41, 5.74) is 2.34. The van der Waals surface area contributed by atoms with Gasteiger partial charge in [-0.3, -0.25) is 0 Å².